The summed E-state index contributed by atoms with van der Waals surface area (Å²) in [6, 6.07) is 16.4. The third-order valence-electron chi connectivity index (χ3n) is 3.13. The zero-order chi connectivity index (χ0) is 16.8. The van der Waals surface area contributed by atoms with Gasteiger partial charge in [0.05, 0.1) is 17.2 Å². The van der Waals surface area contributed by atoms with Crippen LogP contribution < -0.4 is 10.1 Å². The van der Waals surface area contributed by atoms with Gasteiger partial charge >= 0.3 is 0 Å². The largest absolute Gasteiger partial charge is 0.493 e. The summed E-state index contributed by atoms with van der Waals surface area (Å²) < 4.78 is 5.62. The van der Waals surface area contributed by atoms with Crippen LogP contribution in [-0.2, 0) is 6.42 Å². The number of anilines is 1. The van der Waals surface area contributed by atoms with Crippen molar-refractivity contribution in [1.29, 1.82) is 0 Å². The van der Waals surface area contributed by atoms with E-state index in [0.717, 1.165) is 10.8 Å². The molecule has 0 saturated heterocycles. The van der Waals surface area contributed by atoms with E-state index in [4.69, 9.17) is 16.3 Å². The van der Waals surface area contributed by atoms with Crippen molar-refractivity contribution in [3.8, 4) is 5.75 Å². The number of halogens is 1. The monoisotopic (exact) mass is 359 g/mol. The number of carbonyl (C=O) groups is 1. The fraction of sp³-hybridized carbons (Fsp3) is 0.118. The van der Waals surface area contributed by atoms with Crippen LogP contribution in [0.4, 0.5) is 5.13 Å². The predicted octanol–water partition coefficient (Wildman–Crippen LogP) is 4.07. The Labute approximate surface area is 148 Å². The quantitative estimate of drug-likeness (QED) is 0.720. The van der Waals surface area contributed by atoms with Crippen LogP contribution in [0.25, 0.3) is 0 Å². The summed E-state index contributed by atoms with van der Waals surface area (Å²) in [5, 5.41) is 12.4. The molecule has 1 aromatic heterocycles. The maximum Gasteiger partial charge on any atom is 0.259 e. The topological polar surface area (TPSA) is 64.1 Å². The molecule has 0 spiro atoms. The van der Waals surface area contributed by atoms with E-state index in [1.54, 1.807) is 24.3 Å². The van der Waals surface area contributed by atoms with Crippen molar-refractivity contribution < 1.29 is 9.53 Å². The minimum atomic E-state index is -0.302. The Hall–Kier alpha value is -2.44. The van der Waals surface area contributed by atoms with Gasteiger partial charge in [0.1, 0.15) is 10.8 Å². The number of aromatic nitrogens is 2. The molecular weight excluding hydrogens is 346 g/mol. The fourth-order valence-corrected chi connectivity index (χ4v) is 2.93. The van der Waals surface area contributed by atoms with Crippen molar-refractivity contribution in [1.82, 2.24) is 10.2 Å². The van der Waals surface area contributed by atoms with E-state index >= 15 is 0 Å². The van der Waals surface area contributed by atoms with Crippen LogP contribution in [-0.4, -0.2) is 22.7 Å². The molecule has 0 fully saturated rings. The third-order valence-corrected chi connectivity index (χ3v) is 4.36. The summed E-state index contributed by atoms with van der Waals surface area (Å²) in [4.78, 5) is 12.2. The molecule has 3 rings (SSSR count). The molecule has 2 aromatic carbocycles. The van der Waals surface area contributed by atoms with Crippen molar-refractivity contribution in [3.63, 3.8) is 0 Å². The van der Waals surface area contributed by atoms with E-state index in [-0.39, 0.29) is 5.91 Å². The second kappa shape index (κ2) is 7.90. The number of rotatable bonds is 6. The molecule has 24 heavy (non-hydrogen) atoms. The van der Waals surface area contributed by atoms with E-state index in [0.29, 0.717) is 28.7 Å². The first-order chi connectivity index (χ1) is 11.7. The number of hydrogen-bond acceptors (Lipinski definition) is 5. The highest BCUT2D eigenvalue weighted by atomic mass is 35.5. The molecule has 1 heterocycles. The average molecular weight is 360 g/mol. The van der Waals surface area contributed by atoms with Crippen LogP contribution in [0.3, 0.4) is 0 Å². The van der Waals surface area contributed by atoms with Gasteiger partial charge in [0.2, 0.25) is 5.13 Å². The van der Waals surface area contributed by atoms with Crippen molar-refractivity contribution in [2.24, 2.45) is 0 Å². The molecule has 0 aliphatic carbocycles. The molecule has 0 aliphatic rings. The molecule has 5 nitrogen and oxygen atoms in total. The molecule has 0 unspecified atom stereocenters. The average Bonchev–Trinajstić information content (AvgIpc) is 3.03. The van der Waals surface area contributed by atoms with Crippen molar-refractivity contribution >= 4 is 34.0 Å². The van der Waals surface area contributed by atoms with Crippen molar-refractivity contribution in [2.45, 2.75) is 6.42 Å². The molecule has 0 bridgehead atoms. The zero-order valence-corrected chi connectivity index (χ0v) is 14.2. The second-order valence-electron chi connectivity index (χ2n) is 4.85. The number of benzene rings is 2. The van der Waals surface area contributed by atoms with Gasteiger partial charge in [-0.3, -0.25) is 10.1 Å². The van der Waals surface area contributed by atoms with Crippen molar-refractivity contribution in [2.75, 3.05) is 11.9 Å². The Morgan fingerprint density at radius 1 is 1.08 bits per heavy atom. The number of para-hydroxylation sites is 1. The molecule has 0 radical (unpaired) electrons. The summed E-state index contributed by atoms with van der Waals surface area (Å²) in [6.07, 6.45) is 0.620. The first-order valence-corrected chi connectivity index (χ1v) is 8.48. The zero-order valence-electron chi connectivity index (χ0n) is 12.6. The third kappa shape index (κ3) is 4.31. The van der Waals surface area contributed by atoms with E-state index in [2.05, 4.69) is 15.5 Å². The SMILES string of the molecule is O=C(Nc1nnc(CCOc2ccccc2)s1)c1ccccc1Cl. The van der Waals surface area contributed by atoms with Gasteiger partial charge in [0.25, 0.3) is 5.91 Å². The Balaban J connectivity index is 1.54. The predicted molar refractivity (Wildman–Crippen MR) is 95.0 cm³/mol. The molecule has 7 heteroatoms. The van der Waals surface area contributed by atoms with Gasteiger partial charge in [0.15, 0.2) is 0 Å². The van der Waals surface area contributed by atoms with E-state index in [1.807, 2.05) is 30.3 Å². The first-order valence-electron chi connectivity index (χ1n) is 7.28. The van der Waals surface area contributed by atoms with Crippen LogP contribution in [0.2, 0.25) is 5.02 Å². The minimum Gasteiger partial charge on any atom is -0.493 e. The lowest BCUT2D eigenvalue weighted by molar-refractivity contribution is 0.102. The lowest BCUT2D eigenvalue weighted by Crippen LogP contribution is -2.12. The first kappa shape index (κ1) is 16.4. The Kier molecular flexibility index (Phi) is 5.40. The Bertz CT molecular complexity index is 823. The van der Waals surface area contributed by atoms with Crippen LogP contribution in [0.5, 0.6) is 5.75 Å². The lowest BCUT2D eigenvalue weighted by Gasteiger charge is -2.03. The summed E-state index contributed by atoms with van der Waals surface area (Å²) in [6.45, 7) is 0.497. The number of nitrogens with zero attached hydrogens (tertiary/aromatic N) is 2. The normalized spacial score (nSPS) is 10.4. The second-order valence-corrected chi connectivity index (χ2v) is 6.32. The van der Waals surface area contributed by atoms with Crippen molar-refractivity contribution in [3.05, 3.63) is 70.2 Å². The molecule has 1 amide bonds. The van der Waals surface area contributed by atoms with Gasteiger partial charge in [-0.05, 0) is 24.3 Å². The van der Waals surface area contributed by atoms with Crippen LogP contribution in [0.15, 0.2) is 54.6 Å². The molecule has 0 aliphatic heterocycles. The fourth-order valence-electron chi connectivity index (χ4n) is 1.99. The highest BCUT2D eigenvalue weighted by Gasteiger charge is 2.12. The standard InChI is InChI=1S/C17H14ClN3O2S/c18-14-9-5-4-8-13(14)16(22)19-17-21-20-15(24-17)10-11-23-12-6-2-1-3-7-12/h1-9H,10-11H2,(H,19,21,22). The van der Waals surface area contributed by atoms with Gasteiger partial charge in [-0.15, -0.1) is 10.2 Å². The van der Waals surface area contributed by atoms with Gasteiger partial charge in [-0.1, -0.05) is 53.3 Å². The highest BCUT2D eigenvalue weighted by Crippen LogP contribution is 2.20. The molecular formula is C17H14ClN3O2S. The van der Waals surface area contributed by atoms with Gasteiger partial charge in [-0.2, -0.15) is 0 Å². The van der Waals surface area contributed by atoms with Gasteiger partial charge in [0, 0.05) is 6.42 Å². The van der Waals surface area contributed by atoms with Crippen LogP contribution in [0, 0.1) is 0 Å². The maximum absolute atomic E-state index is 12.2. The molecule has 122 valence electrons. The molecule has 1 N–H and O–H groups in total. The summed E-state index contributed by atoms with van der Waals surface area (Å²) >= 11 is 7.33. The number of ether oxygens (including phenoxy) is 1. The van der Waals surface area contributed by atoms with E-state index < -0.39 is 0 Å². The Morgan fingerprint density at radius 2 is 1.83 bits per heavy atom. The molecule has 0 saturated carbocycles. The summed E-state index contributed by atoms with van der Waals surface area (Å²) in [7, 11) is 0. The van der Waals surface area contributed by atoms with Crippen LogP contribution >= 0.6 is 22.9 Å². The van der Waals surface area contributed by atoms with Gasteiger partial charge in [-0.25, -0.2) is 0 Å². The van der Waals surface area contributed by atoms with E-state index in [1.165, 1.54) is 11.3 Å². The Morgan fingerprint density at radius 3 is 2.62 bits per heavy atom. The van der Waals surface area contributed by atoms with Gasteiger partial charge < -0.3 is 4.74 Å². The molecule has 3 aromatic rings. The summed E-state index contributed by atoms with van der Waals surface area (Å²) in [5.41, 5.74) is 0.406. The number of nitrogens with one attached hydrogen (secondary N) is 1. The van der Waals surface area contributed by atoms with Crippen LogP contribution in [0.1, 0.15) is 15.4 Å². The minimum absolute atomic E-state index is 0.302. The number of carbonyl (C=O) groups excluding carboxylic acids is 1. The smallest absolute Gasteiger partial charge is 0.259 e. The lowest BCUT2D eigenvalue weighted by atomic mass is 10.2. The van der Waals surface area contributed by atoms with E-state index in [9.17, 15) is 4.79 Å². The summed E-state index contributed by atoms with van der Waals surface area (Å²) in [5.74, 6) is 0.512. The highest BCUT2D eigenvalue weighted by molar-refractivity contribution is 7.15. The molecule has 0 atom stereocenters. The number of amides is 1. The number of hydrogen-bond donors (Lipinski definition) is 1. The maximum atomic E-state index is 12.2.